The van der Waals surface area contributed by atoms with E-state index in [4.69, 9.17) is 0 Å². The number of benzene rings is 12. The van der Waals surface area contributed by atoms with Crippen molar-refractivity contribution in [2.75, 3.05) is 19.6 Å². The van der Waals surface area contributed by atoms with Crippen LogP contribution in [0.5, 0.6) is 0 Å². The molecule has 346 valence electrons. The summed E-state index contributed by atoms with van der Waals surface area (Å²) in [5.74, 6) is 0. The Morgan fingerprint density at radius 1 is 0.194 bits per heavy atom. The lowest BCUT2D eigenvalue weighted by atomic mass is 9.89. The Morgan fingerprint density at radius 2 is 0.403 bits per heavy atom. The van der Waals surface area contributed by atoms with Gasteiger partial charge in [-0.25, -0.2) is 0 Å². The van der Waals surface area contributed by atoms with Crippen LogP contribution in [-0.2, 0) is 0 Å². The molecule has 0 aromatic heterocycles. The average Bonchev–Trinajstić information content (AvgIpc) is 3.41. The highest BCUT2D eigenvalue weighted by Gasteiger charge is 2.29. The lowest BCUT2D eigenvalue weighted by molar-refractivity contribution is 1.25. The van der Waals surface area contributed by atoms with Gasteiger partial charge in [0, 0.05) is 77.8 Å². The molecule has 0 saturated carbocycles. The van der Waals surface area contributed by atoms with Gasteiger partial charge in [0.2, 0.25) is 0 Å². The first-order chi connectivity index (χ1) is 35.4. The van der Waals surface area contributed by atoms with Crippen molar-refractivity contribution in [1.29, 1.82) is 0 Å². The van der Waals surface area contributed by atoms with E-state index >= 15 is 0 Å². The monoisotopic (exact) mass is 926 g/mol. The highest BCUT2D eigenvalue weighted by atomic mass is 15.2. The lowest BCUT2D eigenvalue weighted by Gasteiger charge is -2.34. The van der Waals surface area contributed by atoms with Crippen molar-refractivity contribution in [3.05, 3.63) is 277 Å². The predicted octanol–water partition coefficient (Wildman–Crippen LogP) is 19.7. The molecule has 0 fully saturated rings. The smallest absolute Gasteiger partial charge is 0.0561 e. The molecule has 12 aromatic carbocycles. The lowest BCUT2D eigenvalue weighted by Crippen LogP contribution is -2.16. The zero-order valence-corrected chi connectivity index (χ0v) is 41.0. The van der Waals surface area contributed by atoms with Gasteiger partial charge in [0.1, 0.15) is 0 Å². The van der Waals surface area contributed by atoms with Crippen molar-refractivity contribution in [2.24, 2.45) is 0 Å². The van der Waals surface area contributed by atoms with E-state index in [9.17, 15) is 0 Å². The van der Waals surface area contributed by atoms with E-state index in [1.807, 2.05) is 0 Å². The van der Waals surface area contributed by atoms with Gasteiger partial charge in [0.25, 0.3) is 0 Å². The molecule has 0 aliphatic rings. The van der Waals surface area contributed by atoms with Crippen LogP contribution >= 0.6 is 0 Å². The molecule has 0 atom stereocenters. The van der Waals surface area contributed by atoms with E-state index in [1.54, 1.807) is 0 Å². The van der Waals surface area contributed by atoms with Crippen molar-refractivity contribution in [1.82, 2.24) is 0 Å². The maximum absolute atomic E-state index is 2.45. The Balaban J connectivity index is 1.29. The van der Waals surface area contributed by atoms with Crippen LogP contribution in [-0.4, -0.2) is 0 Å². The Hall–Kier alpha value is -9.12. The number of hydrogen-bond donors (Lipinski definition) is 0. The molecule has 0 aliphatic carbocycles. The number of nitrogens with zero attached hydrogens (tertiary/aromatic N) is 4. The molecule has 0 N–H and O–H groups in total. The minimum Gasteiger partial charge on any atom is -0.310 e. The van der Waals surface area contributed by atoms with Crippen molar-refractivity contribution in [2.45, 2.75) is 27.7 Å². The van der Waals surface area contributed by atoms with Gasteiger partial charge in [-0.2, -0.15) is 0 Å². The summed E-state index contributed by atoms with van der Waals surface area (Å²) in [7, 11) is 0. The standard InChI is InChI=1S/C68H54N4/c1-47-21-17-33-55(41-47)69(51-25-9-5-10-26-51)63-45-64(70(52-27-11-6-12-28-52)56-34-18-22-48(2)42-56)60-39-40-62-66(72(54-31-15-8-16-32-54)58-36-20-24-50(4)44-58)46-65(61-38-37-59(63)67(60)68(61)62)71(53-29-13-7-14-30-53)57-35-19-23-49(3)43-57/h5-46H,1-4H3. The zero-order chi connectivity index (χ0) is 48.7. The van der Waals surface area contributed by atoms with E-state index in [1.165, 1.54) is 33.0 Å². The topological polar surface area (TPSA) is 13.0 Å². The summed E-state index contributed by atoms with van der Waals surface area (Å²) in [5.41, 5.74) is 17.8. The second-order valence-corrected chi connectivity index (χ2v) is 18.9. The molecular formula is C68H54N4. The minimum atomic E-state index is 1.08. The first-order valence-electron chi connectivity index (χ1n) is 24.8. The van der Waals surface area contributed by atoms with Crippen molar-refractivity contribution >= 4 is 101 Å². The number of para-hydroxylation sites is 4. The second-order valence-electron chi connectivity index (χ2n) is 18.9. The molecular weight excluding hydrogens is 873 g/mol. The van der Waals surface area contributed by atoms with Gasteiger partial charge in [-0.15, -0.1) is 0 Å². The number of rotatable bonds is 12. The molecule has 0 saturated heterocycles. The van der Waals surface area contributed by atoms with Gasteiger partial charge in [-0.1, -0.05) is 146 Å². The molecule has 0 spiro atoms. The molecule has 0 radical (unpaired) electrons. The largest absolute Gasteiger partial charge is 0.310 e. The third-order valence-corrected chi connectivity index (χ3v) is 13.9. The fraction of sp³-hybridized carbons (Fsp3) is 0.0588. The summed E-state index contributed by atoms with van der Waals surface area (Å²) in [6, 6.07) is 93.3. The Bertz CT molecular complexity index is 3370. The number of hydrogen-bond acceptors (Lipinski definition) is 4. The molecule has 0 unspecified atom stereocenters. The average molecular weight is 927 g/mol. The number of aryl methyl sites for hydroxylation is 4. The van der Waals surface area contributed by atoms with E-state index in [-0.39, 0.29) is 0 Å². The van der Waals surface area contributed by atoms with Gasteiger partial charge in [0.05, 0.1) is 22.7 Å². The molecule has 0 amide bonds. The van der Waals surface area contributed by atoms with Gasteiger partial charge in [-0.05, 0) is 159 Å². The third-order valence-electron chi connectivity index (χ3n) is 13.9. The van der Waals surface area contributed by atoms with Gasteiger partial charge >= 0.3 is 0 Å². The summed E-state index contributed by atoms with van der Waals surface area (Å²) in [4.78, 5) is 9.82. The second kappa shape index (κ2) is 18.7. The van der Waals surface area contributed by atoms with Crippen molar-refractivity contribution < 1.29 is 0 Å². The van der Waals surface area contributed by atoms with Crippen LogP contribution in [0.3, 0.4) is 0 Å². The molecule has 0 aliphatic heterocycles. The Morgan fingerprint density at radius 3 is 0.611 bits per heavy atom. The highest BCUT2D eigenvalue weighted by molar-refractivity contribution is 6.33. The molecule has 72 heavy (non-hydrogen) atoms. The SMILES string of the molecule is Cc1cccc(N(c2ccccc2)c2cc(N(c3ccccc3)c3cccc(C)c3)c3ccc4c(N(c5ccccc5)c5cccc(C)c5)cc(N(c5ccccc5)c5cccc(C)c5)c5ccc2c3c54)c1. The number of anilines is 12. The third kappa shape index (κ3) is 8.03. The van der Waals surface area contributed by atoms with E-state index in [2.05, 4.69) is 302 Å². The summed E-state index contributed by atoms with van der Waals surface area (Å²) in [6.07, 6.45) is 0. The Labute approximate surface area is 422 Å². The summed E-state index contributed by atoms with van der Waals surface area (Å²) < 4.78 is 0. The van der Waals surface area contributed by atoms with Crippen LogP contribution in [0.4, 0.5) is 68.2 Å². The minimum absolute atomic E-state index is 1.08. The van der Waals surface area contributed by atoms with Crippen molar-refractivity contribution in [3.8, 4) is 0 Å². The van der Waals surface area contributed by atoms with Crippen LogP contribution in [0.1, 0.15) is 22.3 Å². The van der Waals surface area contributed by atoms with Gasteiger partial charge in [-0.3, -0.25) is 0 Å². The summed E-state index contributed by atoms with van der Waals surface area (Å²) in [5, 5.41) is 7.00. The molecule has 12 aromatic rings. The van der Waals surface area contributed by atoms with Crippen molar-refractivity contribution in [3.63, 3.8) is 0 Å². The van der Waals surface area contributed by atoms with Gasteiger partial charge in [0.15, 0.2) is 0 Å². The fourth-order valence-electron chi connectivity index (χ4n) is 10.7. The predicted molar refractivity (Wildman–Crippen MR) is 308 cm³/mol. The van der Waals surface area contributed by atoms with E-state index in [0.29, 0.717) is 0 Å². The van der Waals surface area contributed by atoms with Crippen LogP contribution in [0.15, 0.2) is 255 Å². The molecule has 4 nitrogen and oxygen atoms in total. The van der Waals surface area contributed by atoms with E-state index in [0.717, 1.165) is 89.8 Å². The quantitative estimate of drug-likeness (QED) is 0.113. The summed E-state index contributed by atoms with van der Waals surface area (Å²) >= 11 is 0. The maximum atomic E-state index is 2.45. The Kier molecular flexibility index (Phi) is 11.4. The van der Waals surface area contributed by atoms with Crippen LogP contribution in [0, 0.1) is 27.7 Å². The molecule has 12 rings (SSSR count). The molecule has 0 bridgehead atoms. The zero-order valence-electron chi connectivity index (χ0n) is 41.0. The summed E-state index contributed by atoms with van der Waals surface area (Å²) in [6.45, 7) is 8.72. The first-order valence-corrected chi connectivity index (χ1v) is 24.8. The fourth-order valence-corrected chi connectivity index (χ4v) is 10.7. The van der Waals surface area contributed by atoms with Crippen LogP contribution < -0.4 is 19.6 Å². The van der Waals surface area contributed by atoms with Crippen LogP contribution in [0.25, 0.3) is 32.3 Å². The first kappa shape index (κ1) is 44.1. The van der Waals surface area contributed by atoms with Gasteiger partial charge < -0.3 is 19.6 Å². The normalized spacial score (nSPS) is 11.3. The maximum Gasteiger partial charge on any atom is 0.0561 e. The highest BCUT2D eigenvalue weighted by Crippen LogP contribution is 2.55. The van der Waals surface area contributed by atoms with E-state index < -0.39 is 0 Å². The molecule has 0 heterocycles. The van der Waals surface area contributed by atoms with Crippen LogP contribution in [0.2, 0.25) is 0 Å². The molecule has 4 heteroatoms.